The predicted octanol–water partition coefficient (Wildman–Crippen LogP) is 3.73. The van der Waals surface area contributed by atoms with E-state index >= 15 is 0 Å². The highest BCUT2D eigenvalue weighted by atomic mass is 35.5. The van der Waals surface area contributed by atoms with E-state index in [1.165, 1.54) is 12.3 Å². The first kappa shape index (κ1) is 15.7. The lowest BCUT2D eigenvalue weighted by Crippen LogP contribution is -2.22. The smallest absolute Gasteiger partial charge is 0.165 e. The van der Waals surface area contributed by atoms with E-state index in [-0.39, 0.29) is 24.2 Å². The first-order valence-corrected chi connectivity index (χ1v) is 7.23. The Bertz CT molecular complexity index is 607. The van der Waals surface area contributed by atoms with Crippen LogP contribution in [0.1, 0.15) is 24.5 Å². The molecule has 1 aromatic carbocycles. The van der Waals surface area contributed by atoms with Crippen molar-refractivity contribution in [2.75, 3.05) is 0 Å². The van der Waals surface area contributed by atoms with Gasteiger partial charge in [-0.15, -0.1) is 0 Å². The Balaban J connectivity index is 2.17. The average Bonchev–Trinajstić information content (AvgIpc) is 2.48. The van der Waals surface area contributed by atoms with Gasteiger partial charge in [-0.05, 0) is 30.5 Å². The molecular weight excluding hydrogens is 291 g/mol. The largest absolute Gasteiger partial charge is 0.485 e. The van der Waals surface area contributed by atoms with Crippen LogP contribution in [0.4, 0.5) is 4.39 Å². The predicted molar refractivity (Wildman–Crippen MR) is 81.9 cm³/mol. The number of halogens is 2. The fourth-order valence-corrected chi connectivity index (χ4v) is 2.15. The third-order valence-corrected chi connectivity index (χ3v) is 3.62. The molecule has 0 saturated carbocycles. The molecule has 1 aromatic heterocycles. The summed E-state index contributed by atoms with van der Waals surface area (Å²) in [6.45, 7) is 2.19. The van der Waals surface area contributed by atoms with E-state index in [0.29, 0.717) is 11.4 Å². The lowest BCUT2D eigenvalue weighted by Gasteiger charge is -2.15. The minimum Gasteiger partial charge on any atom is -0.485 e. The number of rotatable bonds is 6. The molecule has 0 aliphatic carbocycles. The van der Waals surface area contributed by atoms with E-state index in [4.69, 9.17) is 22.1 Å². The van der Waals surface area contributed by atoms with Crippen LogP contribution in [0.2, 0.25) is 5.02 Å². The zero-order valence-electron chi connectivity index (χ0n) is 11.9. The fourth-order valence-electron chi connectivity index (χ4n) is 1.97. The summed E-state index contributed by atoms with van der Waals surface area (Å²) in [5.74, 6) is -0.143. The number of aromatic nitrogens is 1. The van der Waals surface area contributed by atoms with Gasteiger partial charge in [-0.2, -0.15) is 0 Å². The molecule has 5 heteroatoms. The monoisotopic (exact) mass is 308 g/mol. The van der Waals surface area contributed by atoms with Gasteiger partial charge >= 0.3 is 0 Å². The van der Waals surface area contributed by atoms with Gasteiger partial charge in [0.2, 0.25) is 0 Å². The molecule has 0 spiro atoms. The second-order valence-electron chi connectivity index (χ2n) is 4.86. The first-order chi connectivity index (χ1) is 10.1. The van der Waals surface area contributed by atoms with E-state index in [1.807, 2.05) is 13.0 Å². The van der Waals surface area contributed by atoms with E-state index in [9.17, 15) is 4.39 Å². The average molecular weight is 309 g/mol. The quantitative estimate of drug-likeness (QED) is 0.884. The van der Waals surface area contributed by atoms with Crippen LogP contribution in [0.25, 0.3) is 0 Å². The van der Waals surface area contributed by atoms with Crippen LogP contribution in [-0.4, -0.2) is 11.0 Å². The van der Waals surface area contributed by atoms with Crippen molar-refractivity contribution in [2.45, 2.75) is 32.4 Å². The van der Waals surface area contributed by atoms with Crippen molar-refractivity contribution < 1.29 is 9.13 Å². The van der Waals surface area contributed by atoms with Gasteiger partial charge in [0.05, 0.1) is 5.02 Å². The number of hydrogen-bond donors (Lipinski definition) is 1. The van der Waals surface area contributed by atoms with Gasteiger partial charge in [-0.1, -0.05) is 30.7 Å². The van der Waals surface area contributed by atoms with Crippen LogP contribution >= 0.6 is 11.6 Å². The Kier molecular flexibility index (Phi) is 5.53. The molecule has 0 amide bonds. The molecule has 0 fully saturated rings. The fraction of sp³-hybridized carbons (Fsp3) is 0.312. The third kappa shape index (κ3) is 4.16. The maximum atomic E-state index is 14.0. The zero-order chi connectivity index (χ0) is 15.2. The van der Waals surface area contributed by atoms with Crippen molar-refractivity contribution in [3.8, 4) is 5.75 Å². The molecule has 0 saturated heterocycles. The molecule has 1 atom stereocenters. The molecule has 0 aliphatic rings. The van der Waals surface area contributed by atoms with Gasteiger partial charge in [0.15, 0.2) is 11.6 Å². The standard InChI is InChI=1S/C16H18ClFN2O/c1-2-13(19)8-11-4-3-5-15(18)16(11)21-10-12-6-7-20-9-14(12)17/h3-7,9,13H,2,8,10,19H2,1H3. The number of nitrogens with two attached hydrogens (primary N) is 1. The molecule has 2 N–H and O–H groups in total. The summed E-state index contributed by atoms with van der Waals surface area (Å²) >= 11 is 6.02. The Morgan fingerprint density at radius 2 is 2.14 bits per heavy atom. The molecule has 0 aliphatic heterocycles. The number of para-hydroxylation sites is 1. The molecular formula is C16H18ClFN2O. The molecule has 112 valence electrons. The number of hydrogen-bond acceptors (Lipinski definition) is 3. The highest BCUT2D eigenvalue weighted by molar-refractivity contribution is 6.31. The summed E-state index contributed by atoms with van der Waals surface area (Å²) in [7, 11) is 0. The maximum absolute atomic E-state index is 14.0. The number of benzene rings is 1. The van der Waals surface area contributed by atoms with Crippen molar-refractivity contribution in [2.24, 2.45) is 5.73 Å². The second-order valence-corrected chi connectivity index (χ2v) is 5.26. The van der Waals surface area contributed by atoms with Crippen LogP contribution in [0.3, 0.4) is 0 Å². The van der Waals surface area contributed by atoms with Gasteiger partial charge in [0.1, 0.15) is 6.61 Å². The Morgan fingerprint density at radius 3 is 2.86 bits per heavy atom. The molecule has 3 nitrogen and oxygen atoms in total. The highest BCUT2D eigenvalue weighted by Gasteiger charge is 2.13. The van der Waals surface area contributed by atoms with Crippen LogP contribution in [0.15, 0.2) is 36.7 Å². The molecule has 0 bridgehead atoms. The van der Waals surface area contributed by atoms with Crippen molar-refractivity contribution in [3.63, 3.8) is 0 Å². The summed E-state index contributed by atoms with van der Waals surface area (Å²) in [5.41, 5.74) is 7.49. The minimum absolute atomic E-state index is 0.0151. The molecule has 0 radical (unpaired) electrons. The highest BCUT2D eigenvalue weighted by Crippen LogP contribution is 2.26. The van der Waals surface area contributed by atoms with Gasteiger partial charge in [0, 0.05) is 24.0 Å². The molecule has 21 heavy (non-hydrogen) atoms. The van der Waals surface area contributed by atoms with Crippen molar-refractivity contribution in [1.29, 1.82) is 0 Å². The summed E-state index contributed by atoms with van der Waals surface area (Å²) in [6.07, 6.45) is 4.56. The Hall–Kier alpha value is -1.65. The van der Waals surface area contributed by atoms with Crippen molar-refractivity contribution in [1.82, 2.24) is 4.98 Å². The van der Waals surface area contributed by atoms with Crippen LogP contribution in [0.5, 0.6) is 5.75 Å². The molecule has 1 heterocycles. The Morgan fingerprint density at radius 1 is 1.33 bits per heavy atom. The molecule has 2 rings (SSSR count). The van der Waals surface area contributed by atoms with Crippen LogP contribution < -0.4 is 10.5 Å². The van der Waals surface area contributed by atoms with Crippen LogP contribution in [-0.2, 0) is 13.0 Å². The minimum atomic E-state index is -0.388. The Labute approximate surface area is 128 Å². The number of nitrogens with zero attached hydrogens (tertiary/aromatic N) is 1. The topological polar surface area (TPSA) is 48.1 Å². The third-order valence-electron chi connectivity index (χ3n) is 3.28. The van der Waals surface area contributed by atoms with Gasteiger partial charge in [0.25, 0.3) is 0 Å². The van der Waals surface area contributed by atoms with Gasteiger partial charge in [-0.3, -0.25) is 4.98 Å². The van der Waals surface area contributed by atoms with E-state index in [0.717, 1.165) is 17.5 Å². The zero-order valence-corrected chi connectivity index (χ0v) is 12.6. The normalized spacial score (nSPS) is 12.2. The molecule has 2 aromatic rings. The lowest BCUT2D eigenvalue weighted by atomic mass is 10.0. The summed E-state index contributed by atoms with van der Waals surface area (Å²) in [4.78, 5) is 3.91. The van der Waals surface area contributed by atoms with E-state index < -0.39 is 0 Å². The van der Waals surface area contributed by atoms with Gasteiger partial charge in [-0.25, -0.2) is 4.39 Å². The van der Waals surface area contributed by atoms with Crippen molar-refractivity contribution >= 4 is 11.6 Å². The van der Waals surface area contributed by atoms with Crippen LogP contribution in [0, 0.1) is 5.82 Å². The van der Waals surface area contributed by atoms with Crippen molar-refractivity contribution in [3.05, 3.63) is 58.6 Å². The summed E-state index contributed by atoms with van der Waals surface area (Å²) in [5, 5.41) is 0.501. The summed E-state index contributed by atoms with van der Waals surface area (Å²) in [6, 6.07) is 6.62. The van der Waals surface area contributed by atoms with E-state index in [1.54, 1.807) is 18.3 Å². The number of pyridine rings is 1. The van der Waals surface area contributed by atoms with Gasteiger partial charge < -0.3 is 10.5 Å². The first-order valence-electron chi connectivity index (χ1n) is 6.86. The second kappa shape index (κ2) is 7.38. The maximum Gasteiger partial charge on any atom is 0.165 e. The molecule has 1 unspecified atom stereocenters. The lowest BCUT2D eigenvalue weighted by molar-refractivity contribution is 0.286. The number of ether oxygens (including phenoxy) is 1. The summed E-state index contributed by atoms with van der Waals surface area (Å²) < 4.78 is 19.6. The van der Waals surface area contributed by atoms with E-state index in [2.05, 4.69) is 4.98 Å². The SMILES string of the molecule is CCC(N)Cc1cccc(F)c1OCc1ccncc1Cl.